The predicted octanol–water partition coefficient (Wildman–Crippen LogP) is 13.7. The maximum Gasteiger partial charge on any atom is 0.136 e. The molecule has 0 fully saturated rings. The van der Waals surface area contributed by atoms with Gasteiger partial charge in [-0.05, 0) is 135 Å². The van der Waals surface area contributed by atoms with E-state index in [0.717, 1.165) is 27.7 Å². The zero-order valence-electron chi connectivity index (χ0n) is 27.4. The van der Waals surface area contributed by atoms with E-state index in [1.165, 1.54) is 81.1 Å². The highest BCUT2D eigenvalue weighted by Gasteiger charge is 2.16. The van der Waals surface area contributed by atoms with Crippen LogP contribution in [0.15, 0.2) is 168 Å². The maximum atomic E-state index is 9.27. The van der Waals surface area contributed by atoms with Crippen LogP contribution in [0, 0.1) is 11.3 Å². The number of furan rings is 1. The maximum absolute atomic E-state index is 9.27. The van der Waals surface area contributed by atoms with Gasteiger partial charge in [-0.3, -0.25) is 0 Å². The lowest BCUT2D eigenvalue weighted by Gasteiger charge is -2.13. The summed E-state index contributed by atoms with van der Waals surface area (Å²) >= 11 is 0. The SMILES string of the molecule is N#Cc1ccc(-c2ccc3ccc4ccc(-c5ccc6c(c5)c5ccccc5c5cc7c(cc65)oc5ccc6ccccc6c57)cc4c3c2)cc1. The third-order valence-electron chi connectivity index (χ3n) is 10.8. The molecule has 0 atom stereocenters. The molecular weight excluding hydrogens is 619 g/mol. The van der Waals surface area contributed by atoms with E-state index in [9.17, 15) is 5.26 Å². The van der Waals surface area contributed by atoms with Crippen molar-refractivity contribution in [3.8, 4) is 28.3 Å². The molecule has 0 bridgehead atoms. The van der Waals surface area contributed by atoms with Gasteiger partial charge in [-0.2, -0.15) is 5.26 Å². The molecule has 11 aromatic rings. The first-order chi connectivity index (χ1) is 25.2. The van der Waals surface area contributed by atoms with Gasteiger partial charge in [0.05, 0.1) is 11.6 Å². The van der Waals surface area contributed by atoms with Crippen LogP contribution in [-0.4, -0.2) is 0 Å². The molecule has 10 aromatic carbocycles. The minimum atomic E-state index is 0.669. The summed E-state index contributed by atoms with van der Waals surface area (Å²) in [6.45, 7) is 0. The minimum absolute atomic E-state index is 0.669. The van der Waals surface area contributed by atoms with Gasteiger partial charge in [-0.25, -0.2) is 0 Å². The van der Waals surface area contributed by atoms with Gasteiger partial charge >= 0.3 is 0 Å². The highest BCUT2D eigenvalue weighted by Crippen LogP contribution is 2.43. The number of benzene rings is 10. The topological polar surface area (TPSA) is 36.9 Å². The van der Waals surface area contributed by atoms with Gasteiger partial charge in [-0.1, -0.05) is 115 Å². The Labute approximate surface area is 293 Å². The molecule has 0 aliphatic heterocycles. The van der Waals surface area contributed by atoms with Crippen LogP contribution in [0.3, 0.4) is 0 Å². The van der Waals surface area contributed by atoms with E-state index >= 15 is 0 Å². The van der Waals surface area contributed by atoms with Crippen molar-refractivity contribution in [3.05, 3.63) is 169 Å². The molecule has 1 aromatic heterocycles. The molecule has 2 heteroatoms. The quantitative estimate of drug-likeness (QED) is 0.175. The van der Waals surface area contributed by atoms with Gasteiger partial charge in [0.15, 0.2) is 0 Å². The third-order valence-corrected chi connectivity index (χ3v) is 10.8. The van der Waals surface area contributed by atoms with Crippen molar-refractivity contribution in [1.29, 1.82) is 5.26 Å². The van der Waals surface area contributed by atoms with Gasteiger partial charge in [0.1, 0.15) is 11.2 Å². The van der Waals surface area contributed by atoms with E-state index in [1.807, 2.05) is 24.3 Å². The monoisotopic (exact) mass is 645 g/mol. The predicted molar refractivity (Wildman–Crippen MR) is 214 cm³/mol. The Morgan fingerprint density at radius 3 is 1.53 bits per heavy atom. The summed E-state index contributed by atoms with van der Waals surface area (Å²) in [5.41, 5.74) is 7.11. The standard InChI is InChI=1S/C49H27NO/c50-28-29-9-11-30(12-10-29)34-17-15-32-13-14-33-16-18-35(24-42(33)41(32)23-34)36-19-21-40-43(25-36)38-7-3-4-8-39(38)44-26-46-48(27-45(40)44)51-47-22-20-31-5-1-2-6-37(31)49(46)47/h1-27H. The van der Waals surface area contributed by atoms with Gasteiger partial charge < -0.3 is 4.42 Å². The second kappa shape index (κ2) is 10.5. The van der Waals surface area contributed by atoms with Gasteiger partial charge in [0.2, 0.25) is 0 Å². The molecular formula is C49H27NO. The van der Waals surface area contributed by atoms with Gasteiger partial charge in [0.25, 0.3) is 0 Å². The molecule has 0 radical (unpaired) electrons. The molecule has 1 heterocycles. The Kier molecular flexibility index (Phi) is 5.77. The molecule has 51 heavy (non-hydrogen) atoms. The van der Waals surface area contributed by atoms with Crippen molar-refractivity contribution >= 4 is 86.6 Å². The summed E-state index contributed by atoms with van der Waals surface area (Å²) in [5, 5.41) is 26.3. The summed E-state index contributed by atoms with van der Waals surface area (Å²) in [6, 6.07) is 61.1. The molecule has 0 saturated carbocycles. The van der Waals surface area contributed by atoms with Gasteiger partial charge in [0, 0.05) is 10.8 Å². The highest BCUT2D eigenvalue weighted by atomic mass is 16.3. The summed E-state index contributed by atoms with van der Waals surface area (Å²) in [6.07, 6.45) is 0. The summed E-state index contributed by atoms with van der Waals surface area (Å²) in [4.78, 5) is 0. The van der Waals surface area contributed by atoms with Crippen molar-refractivity contribution < 1.29 is 4.42 Å². The fraction of sp³-hybridized carbons (Fsp3) is 0. The first-order valence-corrected chi connectivity index (χ1v) is 17.3. The first kappa shape index (κ1) is 27.9. The Morgan fingerprint density at radius 2 is 0.824 bits per heavy atom. The molecule has 0 spiro atoms. The Hall–Kier alpha value is -6.95. The number of rotatable bonds is 2. The van der Waals surface area contributed by atoms with Crippen LogP contribution in [-0.2, 0) is 0 Å². The molecule has 2 nitrogen and oxygen atoms in total. The Balaban J connectivity index is 1.12. The van der Waals surface area contributed by atoms with E-state index in [2.05, 4.69) is 146 Å². The van der Waals surface area contributed by atoms with E-state index in [1.54, 1.807) is 0 Å². The Morgan fingerprint density at radius 1 is 0.333 bits per heavy atom. The minimum Gasteiger partial charge on any atom is -0.456 e. The summed E-state index contributed by atoms with van der Waals surface area (Å²) < 4.78 is 6.53. The smallest absolute Gasteiger partial charge is 0.136 e. The summed E-state index contributed by atoms with van der Waals surface area (Å²) in [7, 11) is 0. The zero-order valence-corrected chi connectivity index (χ0v) is 27.4. The molecule has 234 valence electrons. The molecule has 0 saturated heterocycles. The van der Waals surface area contributed by atoms with E-state index in [4.69, 9.17) is 4.42 Å². The van der Waals surface area contributed by atoms with Crippen molar-refractivity contribution in [2.24, 2.45) is 0 Å². The average molecular weight is 646 g/mol. The van der Waals surface area contributed by atoms with E-state index < -0.39 is 0 Å². The molecule has 0 aliphatic rings. The number of nitriles is 1. The normalized spacial score (nSPS) is 11.9. The fourth-order valence-corrected chi connectivity index (χ4v) is 8.32. The van der Waals surface area contributed by atoms with Crippen LogP contribution in [0.25, 0.3) is 109 Å². The van der Waals surface area contributed by atoms with Crippen molar-refractivity contribution in [1.82, 2.24) is 0 Å². The van der Waals surface area contributed by atoms with Crippen molar-refractivity contribution in [2.45, 2.75) is 0 Å². The summed E-state index contributed by atoms with van der Waals surface area (Å²) in [5.74, 6) is 0. The van der Waals surface area contributed by atoms with Crippen LogP contribution >= 0.6 is 0 Å². The number of fused-ring (bicyclic) bond motifs is 14. The second-order valence-corrected chi connectivity index (χ2v) is 13.6. The number of hydrogen-bond donors (Lipinski definition) is 0. The average Bonchev–Trinajstić information content (AvgIpc) is 3.58. The lowest BCUT2D eigenvalue weighted by atomic mass is 9.90. The van der Waals surface area contributed by atoms with Gasteiger partial charge in [-0.15, -0.1) is 0 Å². The third kappa shape index (κ3) is 4.16. The van der Waals surface area contributed by atoms with Crippen LogP contribution < -0.4 is 0 Å². The number of hydrogen-bond acceptors (Lipinski definition) is 2. The molecule has 0 amide bonds. The second-order valence-electron chi connectivity index (χ2n) is 13.6. The molecule has 11 rings (SSSR count). The largest absolute Gasteiger partial charge is 0.456 e. The number of nitrogens with zero attached hydrogens (tertiary/aromatic N) is 1. The van der Waals surface area contributed by atoms with Crippen LogP contribution in [0.4, 0.5) is 0 Å². The first-order valence-electron chi connectivity index (χ1n) is 17.3. The lowest BCUT2D eigenvalue weighted by Crippen LogP contribution is -1.86. The molecule has 0 unspecified atom stereocenters. The van der Waals surface area contributed by atoms with E-state index in [0.29, 0.717) is 5.56 Å². The zero-order chi connectivity index (χ0) is 33.6. The molecule has 0 N–H and O–H groups in total. The lowest BCUT2D eigenvalue weighted by molar-refractivity contribution is 0.670. The molecule has 0 aliphatic carbocycles. The van der Waals surface area contributed by atoms with Crippen molar-refractivity contribution in [3.63, 3.8) is 0 Å². The van der Waals surface area contributed by atoms with Crippen molar-refractivity contribution in [2.75, 3.05) is 0 Å². The van der Waals surface area contributed by atoms with Crippen LogP contribution in [0.1, 0.15) is 5.56 Å². The Bertz CT molecular complexity index is 3300. The van der Waals surface area contributed by atoms with Crippen LogP contribution in [0.2, 0.25) is 0 Å². The highest BCUT2D eigenvalue weighted by molar-refractivity contribution is 6.30. The van der Waals surface area contributed by atoms with E-state index in [-0.39, 0.29) is 0 Å². The van der Waals surface area contributed by atoms with Crippen LogP contribution in [0.5, 0.6) is 0 Å². The fourth-order valence-electron chi connectivity index (χ4n) is 8.32.